The summed E-state index contributed by atoms with van der Waals surface area (Å²) in [6.07, 6.45) is 1.39. The molecule has 1 atom stereocenters. The Labute approximate surface area is 292 Å². The summed E-state index contributed by atoms with van der Waals surface area (Å²) >= 11 is 6.50. The number of piperidine rings is 1. The lowest BCUT2D eigenvalue weighted by Crippen LogP contribution is -2.55. The second-order valence-corrected chi connectivity index (χ2v) is 14.5. The molecule has 14 heteroatoms. The Morgan fingerprint density at radius 1 is 0.898 bits per heavy atom. The van der Waals surface area contributed by atoms with E-state index in [2.05, 4.69) is 16.8 Å². The predicted octanol–water partition coefficient (Wildman–Crippen LogP) is 4.58. The molecule has 3 aromatic rings. The van der Waals surface area contributed by atoms with Gasteiger partial charge in [-0.05, 0) is 82.4 Å². The second-order valence-electron chi connectivity index (χ2n) is 12.3. The van der Waals surface area contributed by atoms with Gasteiger partial charge in [0.15, 0.2) is 0 Å². The third-order valence-electron chi connectivity index (χ3n) is 9.52. The van der Waals surface area contributed by atoms with Crippen molar-refractivity contribution in [2.24, 2.45) is 0 Å². The van der Waals surface area contributed by atoms with Crippen LogP contribution in [0.1, 0.15) is 30.9 Å². The van der Waals surface area contributed by atoms with Crippen molar-refractivity contribution >= 4 is 39.3 Å². The Morgan fingerprint density at radius 2 is 1.57 bits per heavy atom. The van der Waals surface area contributed by atoms with Crippen LogP contribution in [0.4, 0.5) is 10.5 Å². The van der Waals surface area contributed by atoms with Crippen LogP contribution >= 0.6 is 11.6 Å². The maximum absolute atomic E-state index is 15.0. The number of amides is 2. The fourth-order valence-electron chi connectivity index (χ4n) is 6.87. The molecule has 2 saturated heterocycles. The Hall–Kier alpha value is -4.04. The molecule has 49 heavy (non-hydrogen) atoms. The van der Waals surface area contributed by atoms with Gasteiger partial charge in [0.2, 0.25) is 5.60 Å². The average molecular weight is 713 g/mol. The molecule has 3 aromatic carbocycles. The van der Waals surface area contributed by atoms with E-state index in [0.717, 1.165) is 25.9 Å². The molecule has 2 amide bonds. The first-order chi connectivity index (χ1) is 23.5. The van der Waals surface area contributed by atoms with E-state index >= 15 is 0 Å². The molecule has 6 rings (SSSR count). The quantitative estimate of drug-likeness (QED) is 0.312. The summed E-state index contributed by atoms with van der Waals surface area (Å²) in [6.45, 7) is 6.43. The first kappa shape index (κ1) is 34.8. The van der Waals surface area contributed by atoms with E-state index in [1.165, 1.54) is 50.6 Å². The standard InChI is InChI=1S/C35H41ClN4O8S/c1-5-47-27-9-6-24(7-10-27)35(48-34(42)39-20-18-38(19-21-39)26-14-16-37(2)17-15-26)29-22-25(36)8-12-30(29)40(33(35)41)49(43,44)32-13-11-28(45-3)23-31(32)46-4/h6-13,22-23,26H,5,14-21H2,1-4H3. The number of anilines is 1. The third kappa shape index (κ3) is 6.40. The first-order valence-electron chi connectivity index (χ1n) is 16.3. The molecule has 3 aliphatic rings. The van der Waals surface area contributed by atoms with Crippen molar-refractivity contribution in [3.8, 4) is 17.2 Å². The number of hydrogen-bond acceptors (Lipinski definition) is 10. The van der Waals surface area contributed by atoms with Gasteiger partial charge in [0, 0.05) is 54.4 Å². The van der Waals surface area contributed by atoms with Gasteiger partial charge in [0.25, 0.3) is 15.9 Å². The zero-order valence-corrected chi connectivity index (χ0v) is 29.6. The molecule has 3 heterocycles. The van der Waals surface area contributed by atoms with Crippen molar-refractivity contribution in [1.82, 2.24) is 14.7 Å². The van der Waals surface area contributed by atoms with E-state index in [0.29, 0.717) is 54.6 Å². The number of carbonyl (C=O) groups excluding carboxylic acids is 2. The van der Waals surface area contributed by atoms with Crippen LogP contribution in [-0.2, 0) is 25.2 Å². The number of nitrogens with zero attached hydrogens (tertiary/aromatic N) is 4. The topological polar surface area (TPSA) is 118 Å². The van der Waals surface area contributed by atoms with Crippen molar-refractivity contribution in [1.29, 1.82) is 0 Å². The van der Waals surface area contributed by atoms with Crippen molar-refractivity contribution < 1.29 is 37.0 Å². The number of piperazine rings is 1. The number of ether oxygens (including phenoxy) is 4. The van der Waals surface area contributed by atoms with Gasteiger partial charge < -0.3 is 28.7 Å². The van der Waals surface area contributed by atoms with E-state index in [1.807, 2.05) is 6.92 Å². The maximum atomic E-state index is 15.0. The summed E-state index contributed by atoms with van der Waals surface area (Å²) in [5.41, 5.74) is -1.84. The van der Waals surface area contributed by atoms with E-state index < -0.39 is 27.6 Å². The molecule has 2 fully saturated rings. The van der Waals surface area contributed by atoms with Gasteiger partial charge in [0.05, 0.1) is 26.5 Å². The van der Waals surface area contributed by atoms with Crippen molar-refractivity contribution in [3.05, 3.63) is 76.8 Å². The summed E-state index contributed by atoms with van der Waals surface area (Å²) < 4.78 is 52.3. The van der Waals surface area contributed by atoms with E-state index in [4.69, 9.17) is 30.5 Å². The molecular weight excluding hydrogens is 672 g/mol. The number of benzene rings is 3. The SMILES string of the molecule is CCOc1ccc(C2(OC(=O)N3CCN(C4CCN(C)CC4)CC3)C(=O)N(S(=O)(=O)c3ccc(OC)cc3OC)c3ccc(Cl)cc32)cc1. The summed E-state index contributed by atoms with van der Waals surface area (Å²) in [5.74, 6) is -0.128. The normalized spacial score (nSPS) is 20.6. The van der Waals surface area contributed by atoms with Crippen LogP contribution in [-0.4, -0.2) is 108 Å². The van der Waals surface area contributed by atoms with Crippen LogP contribution < -0.4 is 18.5 Å². The molecule has 0 saturated carbocycles. The number of likely N-dealkylation sites (tertiary alicyclic amines) is 1. The van der Waals surface area contributed by atoms with Gasteiger partial charge in [-0.1, -0.05) is 23.7 Å². The number of sulfonamides is 1. The van der Waals surface area contributed by atoms with Crippen LogP contribution in [0.25, 0.3) is 0 Å². The average Bonchev–Trinajstić information content (AvgIpc) is 3.36. The molecule has 12 nitrogen and oxygen atoms in total. The highest BCUT2D eigenvalue weighted by molar-refractivity contribution is 7.93. The Balaban J connectivity index is 1.40. The number of methoxy groups -OCH3 is 2. The molecule has 3 aliphatic heterocycles. The van der Waals surface area contributed by atoms with Gasteiger partial charge in [-0.2, -0.15) is 4.31 Å². The zero-order valence-electron chi connectivity index (χ0n) is 28.1. The van der Waals surface area contributed by atoms with Crippen molar-refractivity contribution in [2.75, 3.05) is 71.4 Å². The first-order valence-corrected chi connectivity index (χ1v) is 18.1. The minimum absolute atomic E-state index is 0.000964. The number of carbonyl (C=O) groups is 2. The van der Waals surface area contributed by atoms with Crippen LogP contribution in [0.2, 0.25) is 5.02 Å². The Kier molecular flexibility index (Phi) is 9.99. The molecule has 0 N–H and O–H groups in total. The lowest BCUT2D eigenvalue weighted by Gasteiger charge is -2.42. The lowest BCUT2D eigenvalue weighted by molar-refractivity contribution is -0.132. The molecular formula is C35H41ClN4O8S. The molecule has 262 valence electrons. The highest BCUT2D eigenvalue weighted by atomic mass is 35.5. The monoisotopic (exact) mass is 712 g/mol. The molecule has 1 unspecified atom stereocenters. The van der Waals surface area contributed by atoms with E-state index in [-0.39, 0.29) is 32.5 Å². The minimum atomic E-state index is -4.64. The van der Waals surface area contributed by atoms with E-state index in [9.17, 15) is 18.0 Å². The van der Waals surface area contributed by atoms with E-state index in [1.54, 1.807) is 29.2 Å². The molecule has 0 radical (unpaired) electrons. The second kappa shape index (κ2) is 14.1. The van der Waals surface area contributed by atoms with Crippen molar-refractivity contribution in [3.63, 3.8) is 0 Å². The zero-order chi connectivity index (χ0) is 34.9. The highest BCUT2D eigenvalue weighted by Crippen LogP contribution is 2.51. The van der Waals surface area contributed by atoms with Gasteiger partial charge >= 0.3 is 6.09 Å². The summed E-state index contributed by atoms with van der Waals surface area (Å²) in [4.78, 5) is 35.1. The number of hydrogen-bond donors (Lipinski definition) is 0. The Bertz CT molecular complexity index is 1810. The summed E-state index contributed by atoms with van der Waals surface area (Å²) in [5, 5.41) is 0.228. The molecule has 0 spiro atoms. The lowest BCUT2D eigenvalue weighted by atomic mass is 9.87. The highest BCUT2D eigenvalue weighted by Gasteiger charge is 2.60. The minimum Gasteiger partial charge on any atom is -0.497 e. The Morgan fingerprint density at radius 3 is 2.20 bits per heavy atom. The van der Waals surface area contributed by atoms with Gasteiger partial charge in [-0.15, -0.1) is 0 Å². The molecule has 0 aliphatic carbocycles. The van der Waals surface area contributed by atoms with Crippen LogP contribution in [0.5, 0.6) is 17.2 Å². The predicted molar refractivity (Wildman–Crippen MR) is 184 cm³/mol. The van der Waals surface area contributed by atoms with Crippen LogP contribution in [0.15, 0.2) is 65.6 Å². The summed E-state index contributed by atoms with van der Waals surface area (Å²) in [7, 11) is 0.254. The summed E-state index contributed by atoms with van der Waals surface area (Å²) in [6, 6.07) is 15.5. The molecule has 0 bridgehead atoms. The maximum Gasteiger partial charge on any atom is 0.411 e. The largest absolute Gasteiger partial charge is 0.497 e. The fourth-order valence-corrected chi connectivity index (χ4v) is 8.64. The fraction of sp³-hybridized carbons (Fsp3) is 0.429. The van der Waals surface area contributed by atoms with Crippen LogP contribution in [0, 0.1) is 0 Å². The van der Waals surface area contributed by atoms with Gasteiger partial charge in [-0.25, -0.2) is 13.2 Å². The third-order valence-corrected chi connectivity index (χ3v) is 11.5. The number of rotatable bonds is 9. The number of fused-ring (bicyclic) bond motifs is 1. The molecule has 0 aromatic heterocycles. The van der Waals surface area contributed by atoms with Gasteiger partial charge in [0.1, 0.15) is 22.1 Å². The van der Waals surface area contributed by atoms with Crippen molar-refractivity contribution in [2.45, 2.75) is 36.3 Å². The smallest absolute Gasteiger partial charge is 0.411 e. The van der Waals surface area contributed by atoms with Gasteiger partial charge in [-0.3, -0.25) is 9.69 Å². The van der Waals surface area contributed by atoms with Crippen LogP contribution in [0.3, 0.4) is 0 Å². The number of halogens is 1.